The summed E-state index contributed by atoms with van der Waals surface area (Å²) in [6, 6.07) is -0.105. The summed E-state index contributed by atoms with van der Waals surface area (Å²) in [4.78, 5) is 30.7. The molecule has 3 atom stereocenters. The molecule has 0 spiro atoms. The number of aliphatic carboxylic acids is 1. The molecule has 2 rings (SSSR count). The summed E-state index contributed by atoms with van der Waals surface area (Å²) in [5, 5.41) is 9.58. The van der Waals surface area contributed by atoms with Gasteiger partial charge in [-0.15, -0.1) is 11.8 Å². The highest BCUT2D eigenvalue weighted by atomic mass is 32.2. The molecule has 2 aliphatic rings. The number of β-lactam (4-membered cyclic amide) rings is 1. The van der Waals surface area contributed by atoms with Crippen LogP contribution in [-0.2, 0) is 18.8 Å². The lowest BCUT2D eigenvalue weighted by Crippen LogP contribution is -2.63. The maximum absolute atomic E-state index is 12.6. The van der Waals surface area contributed by atoms with E-state index in [1.54, 1.807) is 14.0 Å². The smallest absolute Gasteiger partial charge is 0.353 e. The third kappa shape index (κ3) is 4.50. The van der Waals surface area contributed by atoms with Gasteiger partial charge in [0.15, 0.2) is 14.2 Å². The number of carbonyl (C=O) groups is 2. The van der Waals surface area contributed by atoms with Gasteiger partial charge in [-0.05, 0) is 26.6 Å². The molecule has 9 heteroatoms. The van der Waals surface area contributed by atoms with Gasteiger partial charge in [-0.1, -0.05) is 0 Å². The predicted molar refractivity (Wildman–Crippen MR) is 105 cm³/mol. The summed E-state index contributed by atoms with van der Waals surface area (Å²) in [6.45, 7) is 10.5. The van der Waals surface area contributed by atoms with Crippen LogP contribution >= 0.6 is 11.8 Å². The highest BCUT2D eigenvalue weighted by Gasteiger charge is 2.57. The molecule has 1 amide bonds. The second-order valence-corrected chi connectivity index (χ2v) is 13.1. The Bertz CT molecular complexity index is 644. The van der Waals surface area contributed by atoms with Gasteiger partial charge in [-0.25, -0.2) is 4.79 Å². The first-order chi connectivity index (χ1) is 12.1. The third-order valence-corrected chi connectivity index (χ3v) is 6.59. The number of carboxylic acid groups (broad SMARTS) is 1. The Morgan fingerprint density at radius 3 is 2.65 bits per heavy atom. The van der Waals surface area contributed by atoms with E-state index in [0.29, 0.717) is 24.6 Å². The van der Waals surface area contributed by atoms with E-state index < -0.39 is 14.3 Å². The number of hydrogen-bond donors (Lipinski definition) is 1. The molecule has 0 unspecified atom stereocenters. The quantitative estimate of drug-likeness (QED) is 0.221. The Morgan fingerprint density at radius 2 is 2.12 bits per heavy atom. The molecule has 0 radical (unpaired) electrons. The van der Waals surface area contributed by atoms with Crippen molar-refractivity contribution in [2.24, 2.45) is 10.9 Å². The average molecular weight is 401 g/mol. The third-order valence-electron chi connectivity index (χ3n) is 4.41. The molecule has 0 saturated carbocycles. The fourth-order valence-electron chi connectivity index (χ4n) is 3.41. The van der Waals surface area contributed by atoms with E-state index >= 15 is 0 Å². The zero-order valence-electron chi connectivity index (χ0n) is 16.2. The molecule has 0 aromatic carbocycles. The Kier molecular flexibility index (Phi) is 6.57. The van der Waals surface area contributed by atoms with Crippen molar-refractivity contribution in [1.82, 2.24) is 4.90 Å². The molecule has 1 N–H and O–H groups in total. The lowest BCUT2D eigenvalue weighted by Gasteiger charge is -2.46. The Labute approximate surface area is 160 Å². The van der Waals surface area contributed by atoms with E-state index in [9.17, 15) is 14.7 Å². The Hall–Kier alpha value is -1.32. The first-order valence-electron chi connectivity index (χ1n) is 8.72. The SMILES string of the molecule is COC(C)=NCCSC1=C(C(=O)O)N2C(=O)[C@@H]([C@H](C)O[Si](C)(C)C)[C@H]2C1. The van der Waals surface area contributed by atoms with Gasteiger partial charge in [-0.3, -0.25) is 9.79 Å². The molecule has 0 bridgehead atoms. The number of hydrogen-bond acceptors (Lipinski definition) is 6. The van der Waals surface area contributed by atoms with Crippen molar-refractivity contribution in [2.45, 2.75) is 52.1 Å². The topological polar surface area (TPSA) is 88.4 Å². The molecule has 0 aliphatic carbocycles. The number of rotatable bonds is 8. The number of ether oxygens (including phenoxy) is 1. The van der Waals surface area contributed by atoms with Crippen molar-refractivity contribution in [3.05, 3.63) is 10.6 Å². The number of amides is 1. The van der Waals surface area contributed by atoms with Crippen LogP contribution < -0.4 is 0 Å². The van der Waals surface area contributed by atoms with E-state index in [1.807, 2.05) is 6.92 Å². The largest absolute Gasteiger partial charge is 0.484 e. The molecule has 26 heavy (non-hydrogen) atoms. The summed E-state index contributed by atoms with van der Waals surface area (Å²) in [5.41, 5.74) is 0.133. The minimum absolute atomic E-state index is 0.105. The van der Waals surface area contributed by atoms with Gasteiger partial charge in [0.05, 0.1) is 31.7 Å². The molecule has 2 aliphatic heterocycles. The Morgan fingerprint density at radius 1 is 1.46 bits per heavy atom. The average Bonchev–Trinajstić information content (AvgIpc) is 2.84. The molecule has 0 aromatic rings. The minimum Gasteiger partial charge on any atom is -0.484 e. The van der Waals surface area contributed by atoms with Gasteiger partial charge in [0.25, 0.3) is 0 Å². The van der Waals surface area contributed by atoms with Crippen molar-refractivity contribution >= 4 is 37.9 Å². The van der Waals surface area contributed by atoms with Crippen molar-refractivity contribution in [3.63, 3.8) is 0 Å². The van der Waals surface area contributed by atoms with Crippen LogP contribution in [0.3, 0.4) is 0 Å². The number of methoxy groups -OCH3 is 1. The highest BCUT2D eigenvalue weighted by Crippen LogP contribution is 2.47. The zero-order chi connectivity index (χ0) is 19.6. The van der Waals surface area contributed by atoms with Crippen LogP contribution in [0, 0.1) is 5.92 Å². The van der Waals surface area contributed by atoms with Crippen LogP contribution in [-0.4, -0.2) is 67.7 Å². The second-order valence-electron chi connectivity index (χ2n) is 7.47. The number of carbonyl (C=O) groups excluding carboxylic acids is 1. The predicted octanol–water partition coefficient (Wildman–Crippen LogP) is 2.55. The highest BCUT2D eigenvalue weighted by molar-refractivity contribution is 8.03. The summed E-state index contributed by atoms with van der Waals surface area (Å²) in [7, 11) is -0.204. The summed E-state index contributed by atoms with van der Waals surface area (Å²) in [6.07, 6.45) is 0.387. The van der Waals surface area contributed by atoms with E-state index in [2.05, 4.69) is 24.6 Å². The van der Waals surface area contributed by atoms with E-state index in [0.717, 1.165) is 4.91 Å². The molecular weight excluding hydrogens is 372 g/mol. The van der Waals surface area contributed by atoms with Crippen molar-refractivity contribution in [1.29, 1.82) is 0 Å². The second kappa shape index (κ2) is 8.14. The van der Waals surface area contributed by atoms with Gasteiger partial charge in [-0.2, -0.15) is 0 Å². The zero-order valence-corrected chi connectivity index (χ0v) is 18.1. The maximum atomic E-state index is 12.6. The standard InChI is InChI=1S/C17H28N2O5SSi/c1-10(24-26(4,5)6)14-12-9-13(25-8-7-18-11(2)23-3)15(17(21)22)19(12)16(14)20/h10,12,14H,7-9H2,1-6H3,(H,21,22)/t10-,12+,14-/m0/s1. The lowest BCUT2D eigenvalue weighted by molar-refractivity contribution is -0.160. The molecular formula is C17H28N2O5SSi. The monoisotopic (exact) mass is 400 g/mol. The van der Waals surface area contributed by atoms with E-state index in [4.69, 9.17) is 9.16 Å². The summed E-state index contributed by atoms with van der Waals surface area (Å²) >= 11 is 1.46. The van der Waals surface area contributed by atoms with Crippen LogP contribution in [0.5, 0.6) is 0 Å². The van der Waals surface area contributed by atoms with Crippen molar-refractivity contribution < 1.29 is 23.9 Å². The van der Waals surface area contributed by atoms with Crippen LogP contribution in [0.4, 0.5) is 0 Å². The summed E-state index contributed by atoms with van der Waals surface area (Å²) in [5.74, 6) is -0.199. The first kappa shape index (κ1) is 21.0. The fourth-order valence-corrected chi connectivity index (χ4v) is 5.71. The number of thioether (sulfide) groups is 1. The number of nitrogens with zero attached hydrogens (tertiary/aromatic N) is 2. The van der Waals surface area contributed by atoms with Crippen LogP contribution in [0.2, 0.25) is 19.6 Å². The Balaban J connectivity index is 2.05. The molecule has 0 aromatic heterocycles. The lowest BCUT2D eigenvalue weighted by atomic mass is 9.83. The molecule has 1 fully saturated rings. The number of aliphatic imine (C=N–C) groups is 1. The van der Waals surface area contributed by atoms with Crippen LogP contribution in [0.25, 0.3) is 0 Å². The van der Waals surface area contributed by atoms with Crippen LogP contribution in [0.15, 0.2) is 15.6 Å². The van der Waals surface area contributed by atoms with Crippen molar-refractivity contribution in [2.75, 3.05) is 19.4 Å². The van der Waals surface area contributed by atoms with E-state index in [-0.39, 0.29) is 29.7 Å². The first-order valence-corrected chi connectivity index (χ1v) is 13.1. The van der Waals surface area contributed by atoms with Gasteiger partial charge >= 0.3 is 5.97 Å². The number of carboxylic acids is 1. The molecule has 2 heterocycles. The van der Waals surface area contributed by atoms with Crippen molar-refractivity contribution in [3.8, 4) is 0 Å². The fraction of sp³-hybridized carbons (Fsp3) is 0.706. The van der Waals surface area contributed by atoms with Gasteiger partial charge in [0.2, 0.25) is 5.91 Å². The van der Waals surface area contributed by atoms with Gasteiger partial charge in [0, 0.05) is 24.0 Å². The number of fused-ring (bicyclic) bond motifs is 1. The molecule has 1 saturated heterocycles. The van der Waals surface area contributed by atoms with Gasteiger partial charge < -0.3 is 19.2 Å². The normalized spacial score (nSPS) is 24.5. The maximum Gasteiger partial charge on any atom is 0.353 e. The molecule has 7 nitrogen and oxygen atoms in total. The van der Waals surface area contributed by atoms with Crippen LogP contribution in [0.1, 0.15) is 20.3 Å². The summed E-state index contributed by atoms with van der Waals surface area (Å²) < 4.78 is 11.1. The minimum atomic E-state index is -1.77. The van der Waals surface area contributed by atoms with Gasteiger partial charge in [0.1, 0.15) is 5.70 Å². The molecule has 146 valence electrons. The van der Waals surface area contributed by atoms with E-state index in [1.165, 1.54) is 16.7 Å².